The number of anilines is 2. The lowest BCUT2D eigenvalue weighted by atomic mass is 10.1. The molecule has 0 bridgehead atoms. The lowest BCUT2D eigenvalue weighted by molar-refractivity contribution is -0.127. The van der Waals surface area contributed by atoms with Gasteiger partial charge in [0.2, 0.25) is 17.7 Å². The van der Waals surface area contributed by atoms with Gasteiger partial charge in [0.1, 0.15) is 0 Å². The van der Waals surface area contributed by atoms with Crippen molar-refractivity contribution in [1.82, 2.24) is 5.32 Å². The first-order valence-electron chi connectivity index (χ1n) is 8.21. The van der Waals surface area contributed by atoms with Crippen LogP contribution >= 0.6 is 15.9 Å². The first-order chi connectivity index (χ1) is 12.5. The Kier molecular flexibility index (Phi) is 5.68. The Balaban J connectivity index is 1.51. The minimum absolute atomic E-state index is 0.0880. The van der Waals surface area contributed by atoms with E-state index in [2.05, 4.69) is 26.6 Å². The molecule has 1 unspecified atom stereocenters. The monoisotopic (exact) mass is 415 g/mol. The van der Waals surface area contributed by atoms with E-state index in [1.54, 1.807) is 23.1 Å². The van der Waals surface area contributed by atoms with E-state index >= 15 is 0 Å². The number of nitrogens with one attached hydrogen (secondary N) is 2. The van der Waals surface area contributed by atoms with E-state index in [0.717, 1.165) is 10.2 Å². The summed E-state index contributed by atoms with van der Waals surface area (Å²) >= 11 is 3.33. The van der Waals surface area contributed by atoms with Crippen LogP contribution in [0.1, 0.15) is 6.42 Å². The number of benzene rings is 2. The fourth-order valence-electron chi connectivity index (χ4n) is 2.82. The summed E-state index contributed by atoms with van der Waals surface area (Å²) in [5, 5.41) is 5.32. The molecule has 3 amide bonds. The largest absolute Gasteiger partial charge is 0.347 e. The summed E-state index contributed by atoms with van der Waals surface area (Å²) in [5.41, 5.74) is 1.42. The predicted molar refractivity (Wildman–Crippen MR) is 103 cm³/mol. The normalized spacial score (nSPS) is 16.4. The smallest absolute Gasteiger partial charge is 0.243 e. The molecule has 7 heteroatoms. The fourth-order valence-corrected chi connectivity index (χ4v) is 3.22. The molecule has 0 saturated carbocycles. The van der Waals surface area contributed by atoms with Crippen LogP contribution in [0.3, 0.4) is 0 Å². The third-order valence-electron chi connectivity index (χ3n) is 4.10. The number of carbonyl (C=O) groups is 3. The van der Waals surface area contributed by atoms with Gasteiger partial charge in [0.05, 0.1) is 12.5 Å². The minimum Gasteiger partial charge on any atom is -0.347 e. The highest BCUT2D eigenvalue weighted by molar-refractivity contribution is 9.10. The van der Waals surface area contributed by atoms with E-state index in [1.165, 1.54) is 0 Å². The van der Waals surface area contributed by atoms with E-state index in [0.29, 0.717) is 12.2 Å². The van der Waals surface area contributed by atoms with Gasteiger partial charge < -0.3 is 15.5 Å². The summed E-state index contributed by atoms with van der Waals surface area (Å²) < 4.78 is 0.852. The van der Waals surface area contributed by atoms with Gasteiger partial charge in [-0.25, -0.2) is 0 Å². The SMILES string of the molecule is O=C(CNC(=O)C1CC(=O)N(c2ccccc2)C1)Nc1cccc(Br)c1. The van der Waals surface area contributed by atoms with Crippen molar-refractivity contribution in [1.29, 1.82) is 0 Å². The summed E-state index contributed by atoms with van der Waals surface area (Å²) in [6, 6.07) is 16.4. The van der Waals surface area contributed by atoms with Gasteiger partial charge in [0.25, 0.3) is 0 Å². The first kappa shape index (κ1) is 18.1. The molecule has 1 heterocycles. The van der Waals surface area contributed by atoms with Crippen molar-refractivity contribution in [3.05, 3.63) is 59.1 Å². The second-order valence-electron chi connectivity index (χ2n) is 6.02. The number of halogens is 1. The topological polar surface area (TPSA) is 78.5 Å². The van der Waals surface area contributed by atoms with Gasteiger partial charge in [-0.3, -0.25) is 14.4 Å². The van der Waals surface area contributed by atoms with Crippen LogP contribution in [0.2, 0.25) is 0 Å². The average molecular weight is 416 g/mol. The van der Waals surface area contributed by atoms with Crippen molar-refractivity contribution in [3.63, 3.8) is 0 Å². The van der Waals surface area contributed by atoms with Crippen LogP contribution < -0.4 is 15.5 Å². The van der Waals surface area contributed by atoms with Gasteiger partial charge in [-0.15, -0.1) is 0 Å². The molecule has 2 N–H and O–H groups in total. The van der Waals surface area contributed by atoms with Gasteiger partial charge in [0, 0.05) is 28.8 Å². The Morgan fingerprint density at radius 2 is 1.88 bits per heavy atom. The molecule has 1 aliphatic rings. The molecular weight excluding hydrogens is 398 g/mol. The van der Waals surface area contributed by atoms with Crippen molar-refractivity contribution in [2.75, 3.05) is 23.3 Å². The summed E-state index contributed by atoms with van der Waals surface area (Å²) in [7, 11) is 0. The molecule has 1 atom stereocenters. The van der Waals surface area contributed by atoms with E-state index in [9.17, 15) is 14.4 Å². The van der Waals surface area contributed by atoms with Gasteiger partial charge in [-0.2, -0.15) is 0 Å². The molecule has 1 saturated heterocycles. The molecule has 1 aliphatic heterocycles. The Hall–Kier alpha value is -2.67. The lowest BCUT2D eigenvalue weighted by Crippen LogP contribution is -2.37. The molecule has 26 heavy (non-hydrogen) atoms. The fraction of sp³-hybridized carbons (Fsp3) is 0.211. The molecule has 0 spiro atoms. The Labute approximate surface area is 159 Å². The van der Waals surface area contributed by atoms with Crippen molar-refractivity contribution >= 4 is 45.0 Å². The van der Waals surface area contributed by atoms with Crippen LogP contribution in [0.25, 0.3) is 0 Å². The molecule has 0 radical (unpaired) electrons. The molecule has 3 rings (SSSR count). The van der Waals surface area contributed by atoms with Crippen LogP contribution in [0.5, 0.6) is 0 Å². The maximum atomic E-state index is 12.3. The van der Waals surface area contributed by atoms with Crippen LogP contribution in [-0.4, -0.2) is 30.8 Å². The van der Waals surface area contributed by atoms with Crippen LogP contribution in [0, 0.1) is 5.92 Å². The average Bonchev–Trinajstić information content (AvgIpc) is 3.02. The number of para-hydroxylation sites is 1. The van der Waals surface area contributed by atoms with Crippen LogP contribution in [0.4, 0.5) is 11.4 Å². The second kappa shape index (κ2) is 8.14. The quantitative estimate of drug-likeness (QED) is 0.787. The third kappa shape index (κ3) is 4.49. The van der Waals surface area contributed by atoms with Crippen LogP contribution in [0.15, 0.2) is 59.1 Å². The number of amides is 3. The first-order valence-corrected chi connectivity index (χ1v) is 9.01. The summed E-state index contributed by atoms with van der Waals surface area (Å²) in [6.45, 7) is 0.184. The summed E-state index contributed by atoms with van der Waals surface area (Å²) in [4.78, 5) is 38.0. The molecule has 1 fully saturated rings. The summed E-state index contributed by atoms with van der Waals surface area (Å²) in [6.07, 6.45) is 0.147. The van der Waals surface area contributed by atoms with Gasteiger partial charge in [-0.05, 0) is 30.3 Å². The second-order valence-corrected chi connectivity index (χ2v) is 6.93. The zero-order valence-corrected chi connectivity index (χ0v) is 15.5. The van der Waals surface area contributed by atoms with E-state index in [-0.39, 0.29) is 30.7 Å². The van der Waals surface area contributed by atoms with Gasteiger partial charge in [-0.1, -0.05) is 40.2 Å². The predicted octanol–water partition coefficient (Wildman–Crippen LogP) is 2.56. The van der Waals surface area contributed by atoms with Gasteiger partial charge >= 0.3 is 0 Å². The highest BCUT2D eigenvalue weighted by atomic mass is 79.9. The molecule has 134 valence electrons. The minimum atomic E-state index is -0.457. The zero-order chi connectivity index (χ0) is 18.5. The molecule has 0 aliphatic carbocycles. The third-order valence-corrected chi connectivity index (χ3v) is 4.59. The standard InChI is InChI=1S/C19H18BrN3O3/c20-14-5-4-6-15(10-14)22-17(24)11-21-19(26)13-9-18(25)23(12-13)16-7-2-1-3-8-16/h1-8,10,13H,9,11-12H2,(H,21,26)(H,22,24). The van der Waals surface area contributed by atoms with Crippen molar-refractivity contribution in [2.24, 2.45) is 5.92 Å². The number of rotatable bonds is 5. The van der Waals surface area contributed by atoms with Crippen molar-refractivity contribution < 1.29 is 14.4 Å². The summed E-state index contributed by atoms with van der Waals surface area (Å²) in [5.74, 6) is -1.15. The van der Waals surface area contributed by atoms with Crippen LogP contribution in [-0.2, 0) is 14.4 Å². The number of hydrogen-bond acceptors (Lipinski definition) is 3. The molecule has 0 aromatic heterocycles. The van der Waals surface area contributed by atoms with E-state index < -0.39 is 5.92 Å². The highest BCUT2D eigenvalue weighted by Crippen LogP contribution is 2.24. The number of hydrogen-bond donors (Lipinski definition) is 2. The molecule has 2 aromatic carbocycles. The number of nitrogens with zero attached hydrogens (tertiary/aromatic N) is 1. The Morgan fingerprint density at radius 3 is 2.62 bits per heavy atom. The van der Waals surface area contributed by atoms with Gasteiger partial charge in [0.15, 0.2) is 0 Å². The molecular formula is C19H18BrN3O3. The zero-order valence-electron chi connectivity index (χ0n) is 13.9. The maximum absolute atomic E-state index is 12.3. The Bertz CT molecular complexity index is 826. The molecule has 6 nitrogen and oxygen atoms in total. The van der Waals surface area contributed by atoms with E-state index in [1.807, 2.05) is 36.4 Å². The van der Waals surface area contributed by atoms with Crippen molar-refractivity contribution in [2.45, 2.75) is 6.42 Å². The van der Waals surface area contributed by atoms with Crippen molar-refractivity contribution in [3.8, 4) is 0 Å². The highest BCUT2D eigenvalue weighted by Gasteiger charge is 2.35. The maximum Gasteiger partial charge on any atom is 0.243 e. The number of carbonyl (C=O) groups excluding carboxylic acids is 3. The Morgan fingerprint density at radius 1 is 1.12 bits per heavy atom. The molecule has 2 aromatic rings. The lowest BCUT2D eigenvalue weighted by Gasteiger charge is -2.16. The van der Waals surface area contributed by atoms with E-state index in [4.69, 9.17) is 0 Å².